The van der Waals surface area contributed by atoms with Crippen molar-refractivity contribution < 1.29 is 8.42 Å². The van der Waals surface area contributed by atoms with Crippen molar-refractivity contribution in [2.75, 3.05) is 42.2 Å². The third-order valence-corrected chi connectivity index (χ3v) is 6.27. The molecule has 1 saturated heterocycles. The standard InChI is InChI=1S/C16H17N5O2S2/c1-25(22,23)13-3-2-5-17-15(13)20-6-8-21(9-7-20)16-14-12(4-10-24-14)18-11-19-16/h2-5,10-11H,6-9H2,1H3. The Labute approximate surface area is 149 Å². The van der Waals surface area contributed by atoms with Crippen LogP contribution >= 0.6 is 11.3 Å². The van der Waals surface area contributed by atoms with Crippen LogP contribution < -0.4 is 9.80 Å². The molecule has 9 heteroatoms. The molecule has 0 spiro atoms. The molecule has 0 aliphatic carbocycles. The summed E-state index contributed by atoms with van der Waals surface area (Å²) in [6, 6.07) is 5.27. The van der Waals surface area contributed by atoms with Crippen molar-refractivity contribution in [1.82, 2.24) is 15.0 Å². The van der Waals surface area contributed by atoms with Crippen molar-refractivity contribution in [2.45, 2.75) is 4.90 Å². The van der Waals surface area contributed by atoms with Gasteiger partial charge in [0.1, 0.15) is 22.9 Å². The number of sulfone groups is 1. The van der Waals surface area contributed by atoms with E-state index in [9.17, 15) is 8.42 Å². The summed E-state index contributed by atoms with van der Waals surface area (Å²) in [6.45, 7) is 2.89. The lowest BCUT2D eigenvalue weighted by molar-refractivity contribution is 0.598. The molecule has 1 fully saturated rings. The van der Waals surface area contributed by atoms with Crippen molar-refractivity contribution in [3.63, 3.8) is 0 Å². The van der Waals surface area contributed by atoms with Gasteiger partial charge in [-0.2, -0.15) is 0 Å². The van der Waals surface area contributed by atoms with Crippen molar-refractivity contribution in [3.05, 3.63) is 36.1 Å². The molecule has 0 amide bonds. The van der Waals surface area contributed by atoms with Crippen molar-refractivity contribution in [2.24, 2.45) is 0 Å². The first-order chi connectivity index (χ1) is 12.0. The molecule has 0 aromatic carbocycles. The van der Waals surface area contributed by atoms with E-state index >= 15 is 0 Å². The molecule has 0 N–H and O–H groups in total. The summed E-state index contributed by atoms with van der Waals surface area (Å²) in [5, 5.41) is 2.02. The van der Waals surface area contributed by atoms with E-state index < -0.39 is 9.84 Å². The van der Waals surface area contributed by atoms with Gasteiger partial charge in [0.05, 0.1) is 10.2 Å². The summed E-state index contributed by atoms with van der Waals surface area (Å²) in [5.41, 5.74) is 0.960. The molecule has 0 atom stereocenters. The molecule has 0 saturated carbocycles. The average Bonchev–Trinajstić information content (AvgIpc) is 3.10. The van der Waals surface area contributed by atoms with Crippen molar-refractivity contribution in [3.8, 4) is 0 Å². The van der Waals surface area contributed by atoms with Gasteiger partial charge in [-0.3, -0.25) is 0 Å². The number of nitrogens with zero attached hydrogens (tertiary/aromatic N) is 5. The first-order valence-corrected chi connectivity index (χ1v) is 10.6. The number of hydrogen-bond acceptors (Lipinski definition) is 8. The zero-order valence-electron chi connectivity index (χ0n) is 13.7. The molecule has 0 unspecified atom stereocenters. The maximum Gasteiger partial charge on any atom is 0.179 e. The molecular weight excluding hydrogens is 358 g/mol. The number of fused-ring (bicyclic) bond motifs is 1. The van der Waals surface area contributed by atoms with Crippen molar-refractivity contribution >= 4 is 43.0 Å². The van der Waals surface area contributed by atoms with Gasteiger partial charge in [0, 0.05) is 38.6 Å². The number of pyridine rings is 1. The van der Waals surface area contributed by atoms with Gasteiger partial charge in [0.25, 0.3) is 0 Å². The third-order valence-electron chi connectivity index (χ3n) is 4.25. The molecule has 1 aliphatic rings. The molecular formula is C16H17N5O2S2. The maximum atomic E-state index is 12.0. The van der Waals surface area contributed by atoms with Gasteiger partial charge in [0.15, 0.2) is 9.84 Å². The van der Waals surface area contributed by atoms with Crippen LogP contribution in [0.2, 0.25) is 0 Å². The molecule has 4 heterocycles. The normalized spacial score (nSPS) is 15.7. The Hall–Kier alpha value is -2.26. The number of hydrogen-bond donors (Lipinski definition) is 0. The van der Waals surface area contributed by atoms with E-state index in [0.29, 0.717) is 18.9 Å². The first-order valence-electron chi connectivity index (χ1n) is 7.87. The maximum absolute atomic E-state index is 12.0. The van der Waals surface area contributed by atoms with Crippen LogP contribution in [0.5, 0.6) is 0 Å². The summed E-state index contributed by atoms with van der Waals surface area (Å²) in [4.78, 5) is 17.6. The predicted molar refractivity (Wildman–Crippen MR) is 99.2 cm³/mol. The van der Waals surface area contributed by atoms with Crippen LogP contribution in [0.3, 0.4) is 0 Å². The summed E-state index contributed by atoms with van der Waals surface area (Å²) in [7, 11) is -3.31. The van der Waals surface area contributed by atoms with Crippen LogP contribution in [0.1, 0.15) is 0 Å². The van der Waals surface area contributed by atoms with Gasteiger partial charge < -0.3 is 9.80 Å². The van der Waals surface area contributed by atoms with E-state index in [1.807, 2.05) is 16.3 Å². The lowest BCUT2D eigenvalue weighted by Crippen LogP contribution is -2.47. The highest BCUT2D eigenvalue weighted by molar-refractivity contribution is 7.90. The van der Waals surface area contributed by atoms with Gasteiger partial charge in [0.2, 0.25) is 0 Å². The predicted octanol–water partition coefficient (Wildman–Crippen LogP) is 1.82. The minimum atomic E-state index is -3.31. The number of piperazine rings is 1. The Bertz CT molecular complexity index is 1010. The van der Waals surface area contributed by atoms with Crippen LogP contribution in [0, 0.1) is 0 Å². The fraction of sp³-hybridized carbons (Fsp3) is 0.312. The van der Waals surface area contributed by atoms with E-state index in [2.05, 4.69) is 19.9 Å². The van der Waals surface area contributed by atoms with Crippen LogP contribution in [-0.2, 0) is 9.84 Å². The summed E-state index contributed by atoms with van der Waals surface area (Å²) >= 11 is 1.64. The lowest BCUT2D eigenvalue weighted by Gasteiger charge is -2.36. The molecule has 0 radical (unpaired) electrons. The van der Waals surface area contributed by atoms with Crippen molar-refractivity contribution in [1.29, 1.82) is 0 Å². The smallest absolute Gasteiger partial charge is 0.179 e. The molecule has 1 aliphatic heterocycles. The van der Waals surface area contributed by atoms with E-state index in [1.54, 1.807) is 36.0 Å². The fourth-order valence-corrected chi connectivity index (χ4v) is 4.74. The van der Waals surface area contributed by atoms with Gasteiger partial charge >= 0.3 is 0 Å². The summed E-state index contributed by atoms with van der Waals surface area (Å²) in [5.74, 6) is 1.48. The summed E-state index contributed by atoms with van der Waals surface area (Å²) < 4.78 is 25.1. The van der Waals surface area contributed by atoms with Crippen LogP contribution in [0.15, 0.2) is 41.0 Å². The largest absolute Gasteiger partial charge is 0.352 e. The monoisotopic (exact) mass is 375 g/mol. The minimum absolute atomic E-state index is 0.283. The van der Waals surface area contributed by atoms with E-state index in [0.717, 1.165) is 29.1 Å². The average molecular weight is 375 g/mol. The Morgan fingerprint density at radius 1 is 1.00 bits per heavy atom. The minimum Gasteiger partial charge on any atom is -0.352 e. The molecule has 0 bridgehead atoms. The second-order valence-corrected chi connectivity index (χ2v) is 8.80. The highest BCUT2D eigenvalue weighted by atomic mass is 32.2. The van der Waals surface area contributed by atoms with Gasteiger partial charge in [-0.05, 0) is 23.6 Å². The Balaban J connectivity index is 1.58. The Morgan fingerprint density at radius 2 is 1.72 bits per heavy atom. The van der Waals surface area contributed by atoms with Gasteiger partial charge in [-0.25, -0.2) is 23.4 Å². The molecule has 7 nitrogen and oxygen atoms in total. The second kappa shape index (κ2) is 6.23. The number of anilines is 2. The number of rotatable bonds is 3. The second-order valence-electron chi connectivity index (χ2n) is 5.90. The highest BCUT2D eigenvalue weighted by Crippen LogP contribution is 2.29. The molecule has 3 aromatic rings. The fourth-order valence-electron chi connectivity index (χ4n) is 3.04. The van der Waals surface area contributed by atoms with Gasteiger partial charge in [-0.1, -0.05) is 0 Å². The number of thiophene rings is 1. The zero-order chi connectivity index (χ0) is 17.4. The SMILES string of the molecule is CS(=O)(=O)c1cccnc1N1CCN(c2ncnc3ccsc23)CC1. The third kappa shape index (κ3) is 3.05. The first kappa shape index (κ1) is 16.2. The summed E-state index contributed by atoms with van der Waals surface area (Å²) in [6.07, 6.45) is 4.45. The van der Waals surface area contributed by atoms with E-state index in [4.69, 9.17) is 0 Å². The Kier molecular flexibility index (Phi) is 4.04. The topological polar surface area (TPSA) is 79.3 Å². The van der Waals surface area contributed by atoms with E-state index in [-0.39, 0.29) is 4.90 Å². The molecule has 130 valence electrons. The quantitative estimate of drug-likeness (QED) is 0.691. The Morgan fingerprint density at radius 3 is 2.44 bits per heavy atom. The highest BCUT2D eigenvalue weighted by Gasteiger charge is 2.25. The van der Waals surface area contributed by atoms with Crippen LogP contribution in [0.4, 0.5) is 11.6 Å². The lowest BCUT2D eigenvalue weighted by atomic mass is 10.3. The van der Waals surface area contributed by atoms with Crippen LogP contribution in [0.25, 0.3) is 10.2 Å². The van der Waals surface area contributed by atoms with Gasteiger partial charge in [-0.15, -0.1) is 11.3 Å². The van der Waals surface area contributed by atoms with E-state index in [1.165, 1.54) is 6.26 Å². The number of aromatic nitrogens is 3. The molecule has 4 rings (SSSR count). The molecule has 25 heavy (non-hydrogen) atoms. The zero-order valence-corrected chi connectivity index (χ0v) is 15.3. The van der Waals surface area contributed by atoms with Crippen LogP contribution in [-0.4, -0.2) is 55.8 Å². The molecule has 3 aromatic heterocycles.